The summed E-state index contributed by atoms with van der Waals surface area (Å²) in [6.07, 6.45) is -0.285. The Morgan fingerprint density at radius 1 is 0.938 bits per heavy atom. The highest BCUT2D eigenvalue weighted by molar-refractivity contribution is 5.68. The SMILES string of the molecule is COC(=O)N(C)C(C)(C(C)(C)C)C(C)(C)C. The van der Waals surface area contributed by atoms with Crippen LogP contribution in [0.1, 0.15) is 48.5 Å². The Hall–Kier alpha value is -0.730. The van der Waals surface area contributed by atoms with Crippen LogP contribution in [0.5, 0.6) is 0 Å². The molecule has 0 unspecified atom stereocenters. The van der Waals surface area contributed by atoms with Crippen LogP contribution in [0, 0.1) is 10.8 Å². The third kappa shape index (κ3) is 2.33. The van der Waals surface area contributed by atoms with Crippen LogP contribution in [-0.4, -0.2) is 30.7 Å². The summed E-state index contributed by atoms with van der Waals surface area (Å²) < 4.78 is 4.84. The zero-order valence-corrected chi connectivity index (χ0v) is 12.3. The highest BCUT2D eigenvalue weighted by atomic mass is 16.5. The van der Waals surface area contributed by atoms with Crippen LogP contribution in [0.25, 0.3) is 0 Å². The molecule has 0 aliphatic heterocycles. The molecule has 0 aliphatic carbocycles. The van der Waals surface area contributed by atoms with E-state index in [1.165, 1.54) is 7.11 Å². The van der Waals surface area contributed by atoms with Gasteiger partial charge in [-0.1, -0.05) is 41.5 Å². The number of amides is 1. The molecular formula is C13H27NO2. The number of ether oxygens (including phenoxy) is 1. The summed E-state index contributed by atoms with van der Waals surface area (Å²) >= 11 is 0. The molecule has 0 fully saturated rings. The number of methoxy groups -OCH3 is 1. The molecule has 96 valence electrons. The van der Waals surface area contributed by atoms with Crippen molar-refractivity contribution < 1.29 is 9.53 Å². The molecule has 0 heterocycles. The van der Waals surface area contributed by atoms with Crippen LogP contribution >= 0.6 is 0 Å². The predicted molar refractivity (Wildman–Crippen MR) is 67.5 cm³/mol. The van der Waals surface area contributed by atoms with Crippen LogP contribution in [-0.2, 0) is 4.74 Å². The third-order valence-corrected chi connectivity index (χ3v) is 4.04. The Morgan fingerprint density at radius 3 is 1.44 bits per heavy atom. The first-order chi connectivity index (χ1) is 6.89. The Labute approximate surface area is 100 Å². The number of hydrogen-bond donors (Lipinski definition) is 0. The van der Waals surface area contributed by atoms with E-state index < -0.39 is 0 Å². The fourth-order valence-electron chi connectivity index (χ4n) is 2.45. The molecule has 0 radical (unpaired) electrons. The average molecular weight is 229 g/mol. The Balaban J connectivity index is 5.53. The topological polar surface area (TPSA) is 29.5 Å². The van der Waals surface area contributed by atoms with E-state index >= 15 is 0 Å². The predicted octanol–water partition coefficient (Wildman–Crippen LogP) is 3.54. The second-order valence-electron chi connectivity index (χ2n) is 6.60. The number of hydrogen-bond acceptors (Lipinski definition) is 2. The lowest BCUT2D eigenvalue weighted by Gasteiger charge is -2.55. The summed E-state index contributed by atoms with van der Waals surface area (Å²) in [5.41, 5.74) is -0.352. The minimum Gasteiger partial charge on any atom is -0.453 e. The van der Waals surface area contributed by atoms with Crippen LogP contribution in [0.15, 0.2) is 0 Å². The Kier molecular flexibility index (Phi) is 4.07. The summed E-state index contributed by atoms with van der Waals surface area (Å²) in [5, 5.41) is 0. The lowest BCUT2D eigenvalue weighted by atomic mass is 9.60. The van der Waals surface area contributed by atoms with Gasteiger partial charge in [-0.05, 0) is 17.8 Å². The first-order valence-electron chi connectivity index (χ1n) is 5.71. The summed E-state index contributed by atoms with van der Waals surface area (Å²) in [5.74, 6) is 0. The quantitative estimate of drug-likeness (QED) is 0.688. The van der Waals surface area contributed by atoms with Gasteiger partial charge in [-0.3, -0.25) is 0 Å². The third-order valence-electron chi connectivity index (χ3n) is 4.04. The van der Waals surface area contributed by atoms with E-state index in [2.05, 4.69) is 48.5 Å². The van der Waals surface area contributed by atoms with Crippen molar-refractivity contribution in [3.05, 3.63) is 0 Å². The largest absolute Gasteiger partial charge is 0.453 e. The van der Waals surface area contributed by atoms with E-state index in [1.807, 2.05) is 7.05 Å². The molecule has 3 nitrogen and oxygen atoms in total. The highest BCUT2D eigenvalue weighted by Crippen LogP contribution is 2.47. The maximum Gasteiger partial charge on any atom is 0.409 e. The molecule has 0 saturated heterocycles. The van der Waals surface area contributed by atoms with Crippen molar-refractivity contribution in [2.75, 3.05) is 14.2 Å². The summed E-state index contributed by atoms with van der Waals surface area (Å²) in [7, 11) is 3.23. The average Bonchev–Trinajstić information content (AvgIpc) is 2.10. The molecule has 0 aliphatic rings. The van der Waals surface area contributed by atoms with E-state index in [0.717, 1.165) is 0 Å². The van der Waals surface area contributed by atoms with E-state index in [4.69, 9.17) is 4.74 Å². The van der Waals surface area contributed by atoms with Gasteiger partial charge < -0.3 is 9.64 Å². The molecule has 16 heavy (non-hydrogen) atoms. The monoisotopic (exact) mass is 229 g/mol. The standard InChI is InChI=1S/C13H27NO2/c1-11(2,3)13(7,12(4,5)6)14(8)10(15)16-9/h1-9H3. The molecule has 0 saturated carbocycles. The number of nitrogens with zero attached hydrogens (tertiary/aromatic N) is 1. The van der Waals surface area contributed by atoms with Crippen molar-refractivity contribution in [3.63, 3.8) is 0 Å². The van der Waals surface area contributed by atoms with Gasteiger partial charge in [0.2, 0.25) is 0 Å². The zero-order chi connectivity index (χ0) is 13.4. The molecule has 0 aromatic carbocycles. The van der Waals surface area contributed by atoms with Crippen LogP contribution in [0.3, 0.4) is 0 Å². The van der Waals surface area contributed by atoms with Crippen molar-refractivity contribution in [3.8, 4) is 0 Å². The van der Waals surface area contributed by atoms with Crippen molar-refractivity contribution >= 4 is 6.09 Å². The lowest BCUT2D eigenvalue weighted by molar-refractivity contribution is -0.0504. The maximum absolute atomic E-state index is 11.8. The first-order valence-corrected chi connectivity index (χ1v) is 5.71. The van der Waals surface area contributed by atoms with E-state index in [1.54, 1.807) is 4.90 Å². The van der Waals surface area contributed by atoms with E-state index in [-0.39, 0.29) is 22.5 Å². The molecule has 0 aromatic rings. The van der Waals surface area contributed by atoms with Gasteiger partial charge in [-0.25, -0.2) is 4.79 Å². The summed E-state index contributed by atoms with van der Waals surface area (Å²) in [4.78, 5) is 13.5. The second kappa shape index (κ2) is 4.27. The fraction of sp³-hybridized carbons (Fsp3) is 0.923. The molecule has 3 heteroatoms. The van der Waals surface area contributed by atoms with Crippen molar-refractivity contribution in [2.24, 2.45) is 10.8 Å². The second-order valence-corrected chi connectivity index (χ2v) is 6.60. The van der Waals surface area contributed by atoms with Gasteiger partial charge in [0.15, 0.2) is 0 Å². The molecule has 0 aromatic heterocycles. The maximum atomic E-state index is 11.8. The summed E-state index contributed by atoms with van der Waals surface area (Å²) in [6.45, 7) is 15.0. The van der Waals surface area contributed by atoms with Gasteiger partial charge in [-0.2, -0.15) is 0 Å². The smallest absolute Gasteiger partial charge is 0.409 e. The van der Waals surface area contributed by atoms with Crippen molar-refractivity contribution in [1.29, 1.82) is 0 Å². The number of rotatable bonds is 1. The van der Waals surface area contributed by atoms with Crippen LogP contribution in [0.4, 0.5) is 4.79 Å². The van der Waals surface area contributed by atoms with Gasteiger partial charge in [0.1, 0.15) is 0 Å². The van der Waals surface area contributed by atoms with Crippen LogP contribution < -0.4 is 0 Å². The van der Waals surface area contributed by atoms with Crippen molar-refractivity contribution in [2.45, 2.75) is 54.0 Å². The number of carbonyl (C=O) groups excluding carboxylic acids is 1. The number of carbonyl (C=O) groups is 1. The van der Waals surface area contributed by atoms with E-state index in [0.29, 0.717) is 0 Å². The molecule has 1 amide bonds. The van der Waals surface area contributed by atoms with E-state index in [9.17, 15) is 4.79 Å². The minimum atomic E-state index is -0.285. The highest BCUT2D eigenvalue weighted by Gasteiger charge is 2.51. The molecule has 0 rings (SSSR count). The lowest BCUT2D eigenvalue weighted by Crippen LogP contribution is -2.62. The zero-order valence-electron chi connectivity index (χ0n) is 12.3. The Morgan fingerprint density at radius 2 is 1.25 bits per heavy atom. The normalized spacial score (nSPS) is 13.6. The van der Waals surface area contributed by atoms with Crippen molar-refractivity contribution in [1.82, 2.24) is 4.90 Å². The minimum absolute atomic E-state index is 0.0335. The molecule has 0 spiro atoms. The molecular weight excluding hydrogens is 202 g/mol. The summed E-state index contributed by atoms with van der Waals surface area (Å²) in [6, 6.07) is 0. The van der Waals surface area contributed by atoms with Gasteiger partial charge >= 0.3 is 6.09 Å². The molecule has 0 atom stereocenters. The Bertz CT molecular complexity index is 244. The first kappa shape index (κ1) is 15.3. The van der Waals surface area contributed by atoms with Gasteiger partial charge in [-0.15, -0.1) is 0 Å². The molecule has 0 bridgehead atoms. The van der Waals surface area contributed by atoms with Gasteiger partial charge in [0, 0.05) is 7.05 Å². The molecule has 0 N–H and O–H groups in total. The fourth-order valence-corrected chi connectivity index (χ4v) is 2.45. The van der Waals surface area contributed by atoms with Gasteiger partial charge in [0.05, 0.1) is 12.6 Å². The van der Waals surface area contributed by atoms with Crippen LogP contribution in [0.2, 0.25) is 0 Å². The van der Waals surface area contributed by atoms with Gasteiger partial charge in [0.25, 0.3) is 0 Å².